The van der Waals surface area contributed by atoms with Gasteiger partial charge in [0.15, 0.2) is 0 Å². The van der Waals surface area contributed by atoms with Crippen LogP contribution in [0.1, 0.15) is 19.8 Å². The van der Waals surface area contributed by atoms with Gasteiger partial charge in [0.1, 0.15) is 6.29 Å². The molecule has 0 rings (SSSR count). The average molecular weight is 148 g/mol. The van der Waals surface area contributed by atoms with E-state index in [0.717, 1.165) is 6.92 Å². The number of aldehydes is 1. The molecule has 0 aliphatic carbocycles. The highest BCUT2D eigenvalue weighted by molar-refractivity contribution is 5.77. The van der Waals surface area contributed by atoms with E-state index < -0.39 is 11.6 Å². The van der Waals surface area contributed by atoms with Gasteiger partial charge in [-0.2, -0.15) is 0 Å². The van der Waals surface area contributed by atoms with Crippen LogP contribution in [-0.2, 0) is 9.59 Å². The third-order valence-corrected chi connectivity index (χ3v) is 1.18. The molecule has 0 radical (unpaired) electrons. The zero-order valence-corrected chi connectivity index (χ0v) is 5.63. The predicted octanol–water partition coefficient (Wildman–Crippen LogP) is 0.778. The van der Waals surface area contributed by atoms with Gasteiger partial charge in [-0.1, -0.05) is 0 Å². The summed E-state index contributed by atoms with van der Waals surface area (Å²) in [7, 11) is 0. The van der Waals surface area contributed by atoms with Gasteiger partial charge in [-0.05, 0) is 13.3 Å². The molecule has 0 aliphatic heterocycles. The summed E-state index contributed by atoms with van der Waals surface area (Å²) in [6.45, 7) is 0.943. The van der Waals surface area contributed by atoms with Crippen molar-refractivity contribution in [1.82, 2.24) is 0 Å². The summed E-state index contributed by atoms with van der Waals surface area (Å²) in [5, 5.41) is 8.18. The summed E-state index contributed by atoms with van der Waals surface area (Å²) in [6, 6.07) is 0. The fourth-order valence-electron chi connectivity index (χ4n) is 0.437. The summed E-state index contributed by atoms with van der Waals surface area (Å²) in [4.78, 5) is 19.8. The lowest BCUT2D eigenvalue weighted by Crippen LogP contribution is -2.29. The molecule has 0 aromatic carbocycles. The second kappa shape index (κ2) is 3.29. The van der Waals surface area contributed by atoms with Gasteiger partial charge in [0.2, 0.25) is 5.67 Å². The first-order valence-corrected chi connectivity index (χ1v) is 2.86. The van der Waals surface area contributed by atoms with E-state index in [0.29, 0.717) is 6.29 Å². The number of alkyl halides is 1. The van der Waals surface area contributed by atoms with Crippen LogP contribution in [0.25, 0.3) is 0 Å². The lowest BCUT2D eigenvalue weighted by Gasteiger charge is -2.11. The van der Waals surface area contributed by atoms with Gasteiger partial charge in [0.05, 0.1) is 0 Å². The van der Waals surface area contributed by atoms with E-state index in [2.05, 4.69) is 0 Å². The third-order valence-electron chi connectivity index (χ3n) is 1.18. The Kier molecular flexibility index (Phi) is 2.99. The Bertz CT molecular complexity index is 142. The number of hydrogen-bond donors (Lipinski definition) is 1. The van der Waals surface area contributed by atoms with Crippen molar-refractivity contribution < 1.29 is 19.1 Å². The van der Waals surface area contributed by atoms with E-state index in [1.165, 1.54) is 0 Å². The van der Waals surface area contributed by atoms with E-state index in [-0.39, 0.29) is 12.8 Å². The number of halogens is 1. The standard InChI is InChI=1S/C6H9FO3/c1-6(7,5(9)10)3-2-4-8/h4H,2-3H2,1H3,(H,9,10). The largest absolute Gasteiger partial charge is 0.479 e. The van der Waals surface area contributed by atoms with Gasteiger partial charge < -0.3 is 9.90 Å². The van der Waals surface area contributed by atoms with Crippen molar-refractivity contribution >= 4 is 12.3 Å². The van der Waals surface area contributed by atoms with Crippen LogP contribution in [-0.4, -0.2) is 23.0 Å². The van der Waals surface area contributed by atoms with Crippen LogP contribution in [0.4, 0.5) is 4.39 Å². The molecule has 0 saturated heterocycles. The molecule has 0 heterocycles. The maximum atomic E-state index is 12.6. The molecular formula is C6H9FO3. The van der Waals surface area contributed by atoms with Crippen molar-refractivity contribution in [2.45, 2.75) is 25.4 Å². The van der Waals surface area contributed by atoms with Crippen LogP contribution >= 0.6 is 0 Å². The minimum atomic E-state index is -2.26. The van der Waals surface area contributed by atoms with Crippen molar-refractivity contribution in [2.75, 3.05) is 0 Å². The highest BCUT2D eigenvalue weighted by Gasteiger charge is 2.31. The first-order valence-electron chi connectivity index (χ1n) is 2.86. The fourth-order valence-corrected chi connectivity index (χ4v) is 0.437. The highest BCUT2D eigenvalue weighted by atomic mass is 19.1. The molecule has 0 spiro atoms. The summed E-state index contributed by atoms with van der Waals surface area (Å²) in [6.07, 6.45) is 0.186. The van der Waals surface area contributed by atoms with Crippen molar-refractivity contribution in [3.8, 4) is 0 Å². The Labute approximate surface area is 57.8 Å². The van der Waals surface area contributed by atoms with Crippen LogP contribution < -0.4 is 0 Å². The molecule has 4 heteroatoms. The van der Waals surface area contributed by atoms with Crippen LogP contribution in [0.15, 0.2) is 0 Å². The minimum Gasteiger partial charge on any atom is -0.479 e. The molecular weight excluding hydrogens is 139 g/mol. The molecule has 10 heavy (non-hydrogen) atoms. The number of aliphatic carboxylic acids is 1. The summed E-state index contributed by atoms with van der Waals surface area (Å²) >= 11 is 0. The Hall–Kier alpha value is -0.930. The quantitative estimate of drug-likeness (QED) is 0.599. The second-order valence-corrected chi connectivity index (χ2v) is 2.21. The Balaban J connectivity index is 3.86. The van der Waals surface area contributed by atoms with Gasteiger partial charge in [-0.3, -0.25) is 0 Å². The maximum absolute atomic E-state index is 12.6. The molecule has 1 N–H and O–H groups in total. The molecule has 0 saturated carbocycles. The smallest absolute Gasteiger partial charge is 0.341 e. The van der Waals surface area contributed by atoms with Crippen LogP contribution in [0.3, 0.4) is 0 Å². The van der Waals surface area contributed by atoms with Crippen LogP contribution in [0.5, 0.6) is 0 Å². The summed E-state index contributed by atoms with van der Waals surface area (Å²) < 4.78 is 12.6. The van der Waals surface area contributed by atoms with Crippen molar-refractivity contribution in [1.29, 1.82) is 0 Å². The van der Waals surface area contributed by atoms with Crippen LogP contribution in [0.2, 0.25) is 0 Å². The number of carbonyl (C=O) groups excluding carboxylic acids is 1. The summed E-state index contributed by atoms with van der Waals surface area (Å²) in [5.41, 5.74) is -2.26. The zero-order chi connectivity index (χ0) is 8.20. The van der Waals surface area contributed by atoms with Crippen LogP contribution in [0, 0.1) is 0 Å². The SMILES string of the molecule is CC(F)(CCC=O)C(=O)O. The zero-order valence-electron chi connectivity index (χ0n) is 5.63. The third kappa shape index (κ3) is 2.57. The fraction of sp³-hybridized carbons (Fsp3) is 0.667. The van der Waals surface area contributed by atoms with Gasteiger partial charge >= 0.3 is 5.97 Å². The lowest BCUT2D eigenvalue weighted by molar-refractivity contribution is -0.150. The lowest BCUT2D eigenvalue weighted by atomic mass is 10.0. The normalized spacial score (nSPS) is 15.8. The number of hydrogen-bond acceptors (Lipinski definition) is 2. The first-order chi connectivity index (χ1) is 4.50. The molecule has 0 amide bonds. The van der Waals surface area contributed by atoms with Gasteiger partial charge in [0.25, 0.3) is 0 Å². The Morgan fingerprint density at radius 3 is 2.60 bits per heavy atom. The van der Waals surface area contributed by atoms with E-state index in [1.807, 2.05) is 0 Å². The topological polar surface area (TPSA) is 54.4 Å². The van der Waals surface area contributed by atoms with Gasteiger partial charge in [-0.25, -0.2) is 9.18 Å². The molecule has 0 aliphatic rings. The Morgan fingerprint density at radius 1 is 1.80 bits per heavy atom. The van der Waals surface area contributed by atoms with Crippen molar-refractivity contribution in [2.24, 2.45) is 0 Å². The predicted molar refractivity (Wildman–Crippen MR) is 32.4 cm³/mol. The Morgan fingerprint density at radius 2 is 2.30 bits per heavy atom. The number of carbonyl (C=O) groups is 2. The molecule has 1 atom stereocenters. The highest BCUT2D eigenvalue weighted by Crippen LogP contribution is 2.16. The molecule has 0 fully saturated rings. The van der Waals surface area contributed by atoms with Crippen molar-refractivity contribution in [3.63, 3.8) is 0 Å². The molecule has 0 bridgehead atoms. The minimum absolute atomic E-state index is 0.0563. The van der Waals surface area contributed by atoms with Gasteiger partial charge in [-0.15, -0.1) is 0 Å². The molecule has 0 aromatic heterocycles. The molecule has 3 nitrogen and oxygen atoms in total. The molecule has 1 unspecified atom stereocenters. The van der Waals surface area contributed by atoms with E-state index in [1.54, 1.807) is 0 Å². The maximum Gasteiger partial charge on any atom is 0.341 e. The number of carboxylic acid groups (broad SMARTS) is 1. The molecule has 0 aromatic rings. The molecule has 58 valence electrons. The first kappa shape index (κ1) is 9.07. The van der Waals surface area contributed by atoms with E-state index in [4.69, 9.17) is 5.11 Å². The van der Waals surface area contributed by atoms with Crippen molar-refractivity contribution in [3.05, 3.63) is 0 Å². The summed E-state index contributed by atoms with van der Waals surface area (Å²) in [5.74, 6) is -1.52. The van der Waals surface area contributed by atoms with Gasteiger partial charge in [0, 0.05) is 6.42 Å². The van der Waals surface area contributed by atoms with E-state index in [9.17, 15) is 14.0 Å². The second-order valence-electron chi connectivity index (χ2n) is 2.21. The van der Waals surface area contributed by atoms with E-state index >= 15 is 0 Å². The monoisotopic (exact) mass is 148 g/mol. The average Bonchev–Trinajstić information content (AvgIpc) is 1.84. The number of rotatable bonds is 4. The number of carboxylic acids is 1.